The van der Waals surface area contributed by atoms with E-state index in [2.05, 4.69) is 30.4 Å². The predicted molar refractivity (Wildman–Crippen MR) is 120 cm³/mol. The summed E-state index contributed by atoms with van der Waals surface area (Å²) >= 11 is 0. The van der Waals surface area contributed by atoms with Gasteiger partial charge in [-0.05, 0) is 55.7 Å². The molecule has 0 aliphatic rings. The van der Waals surface area contributed by atoms with Crippen LogP contribution in [0.2, 0.25) is 0 Å². The normalized spacial score (nSPS) is 10.9. The Hall–Kier alpha value is -3.60. The Labute approximate surface area is 177 Å². The van der Waals surface area contributed by atoms with Crippen LogP contribution >= 0.6 is 0 Å². The van der Waals surface area contributed by atoms with Crippen molar-refractivity contribution in [1.29, 1.82) is 0 Å². The zero-order valence-corrected chi connectivity index (χ0v) is 17.6. The third-order valence-electron chi connectivity index (χ3n) is 5.27. The number of benzene rings is 2. The van der Waals surface area contributed by atoms with E-state index in [9.17, 15) is 4.79 Å². The molecule has 0 radical (unpaired) electrons. The lowest BCUT2D eigenvalue weighted by molar-refractivity contribution is 0.0946. The average Bonchev–Trinajstić information content (AvgIpc) is 3.35. The Kier molecular flexibility index (Phi) is 5.53. The van der Waals surface area contributed by atoms with Crippen molar-refractivity contribution in [3.8, 4) is 17.1 Å². The largest absolute Gasteiger partial charge is 0.350 e. The van der Waals surface area contributed by atoms with Gasteiger partial charge in [-0.15, -0.1) is 0 Å². The molecule has 1 N–H and O–H groups in total. The first-order valence-corrected chi connectivity index (χ1v) is 10.1. The van der Waals surface area contributed by atoms with Gasteiger partial charge in [0.15, 0.2) is 0 Å². The van der Waals surface area contributed by atoms with E-state index < -0.39 is 0 Å². The van der Waals surface area contributed by atoms with E-state index in [-0.39, 0.29) is 5.91 Å². The van der Waals surface area contributed by atoms with E-state index >= 15 is 0 Å². The van der Waals surface area contributed by atoms with Crippen LogP contribution in [0.5, 0.6) is 0 Å². The molecule has 0 unspecified atom stereocenters. The zero-order valence-electron chi connectivity index (χ0n) is 17.6. The summed E-state index contributed by atoms with van der Waals surface area (Å²) in [6.45, 7) is 4.68. The maximum absolute atomic E-state index is 13.1. The first-order valence-electron chi connectivity index (χ1n) is 10.1. The molecule has 0 saturated heterocycles. The van der Waals surface area contributed by atoms with Crippen LogP contribution in [-0.4, -0.2) is 26.8 Å². The highest BCUT2D eigenvalue weighted by Gasteiger charge is 2.19. The summed E-state index contributed by atoms with van der Waals surface area (Å²) in [6.07, 6.45) is 2.76. The SMILES string of the molecule is Cc1ccc(-n2nc(-c3cccn3C)cc2C(=O)NCCc2ccccc2)c(C)c1. The predicted octanol–water partition coefficient (Wildman–Crippen LogP) is 4.47. The third kappa shape index (κ3) is 4.06. The fourth-order valence-electron chi connectivity index (χ4n) is 3.68. The lowest BCUT2D eigenvalue weighted by atomic mass is 10.1. The molecule has 0 saturated carbocycles. The molecule has 2 aromatic carbocycles. The van der Waals surface area contributed by atoms with Crippen molar-refractivity contribution >= 4 is 5.91 Å². The van der Waals surface area contributed by atoms with Crippen molar-refractivity contribution < 1.29 is 4.79 Å². The number of aromatic nitrogens is 3. The molecule has 0 spiro atoms. The van der Waals surface area contributed by atoms with E-state index in [1.165, 1.54) is 11.1 Å². The summed E-state index contributed by atoms with van der Waals surface area (Å²) in [5.74, 6) is -0.126. The highest BCUT2D eigenvalue weighted by molar-refractivity contribution is 5.94. The van der Waals surface area contributed by atoms with Crippen molar-refractivity contribution in [2.75, 3.05) is 6.54 Å². The number of aryl methyl sites for hydroxylation is 3. The van der Waals surface area contributed by atoms with Gasteiger partial charge in [0, 0.05) is 19.8 Å². The van der Waals surface area contributed by atoms with E-state index in [1.54, 1.807) is 4.68 Å². The van der Waals surface area contributed by atoms with Crippen molar-refractivity contribution in [3.05, 3.63) is 95.3 Å². The standard InChI is InChI=1S/C25H26N4O/c1-18-11-12-22(19(2)16-18)29-24(17-21(27-29)23-10-7-15-28(23)3)25(30)26-14-13-20-8-5-4-6-9-20/h4-12,15-17H,13-14H2,1-3H3,(H,26,30). The van der Waals surface area contributed by atoms with Crippen LogP contribution < -0.4 is 5.32 Å². The minimum atomic E-state index is -0.126. The van der Waals surface area contributed by atoms with Crippen molar-refractivity contribution in [2.24, 2.45) is 7.05 Å². The highest BCUT2D eigenvalue weighted by Crippen LogP contribution is 2.24. The molecule has 2 heterocycles. The van der Waals surface area contributed by atoms with Gasteiger partial charge < -0.3 is 9.88 Å². The van der Waals surface area contributed by atoms with Crippen LogP contribution in [0.1, 0.15) is 27.2 Å². The Bertz CT molecular complexity index is 1170. The molecule has 4 rings (SSSR count). The second kappa shape index (κ2) is 8.41. The minimum Gasteiger partial charge on any atom is -0.350 e. The summed E-state index contributed by atoms with van der Waals surface area (Å²) in [4.78, 5) is 13.1. The van der Waals surface area contributed by atoms with Gasteiger partial charge in [0.05, 0.1) is 11.4 Å². The number of hydrogen-bond acceptors (Lipinski definition) is 2. The van der Waals surface area contributed by atoms with Crippen molar-refractivity contribution in [3.63, 3.8) is 0 Å². The second-order valence-electron chi connectivity index (χ2n) is 7.61. The first kappa shape index (κ1) is 19.7. The van der Waals surface area contributed by atoms with Gasteiger partial charge in [-0.2, -0.15) is 5.10 Å². The van der Waals surface area contributed by atoms with Gasteiger partial charge in [0.1, 0.15) is 11.4 Å². The van der Waals surface area contributed by atoms with Gasteiger partial charge >= 0.3 is 0 Å². The van der Waals surface area contributed by atoms with Gasteiger partial charge in [0.2, 0.25) is 0 Å². The summed E-state index contributed by atoms with van der Waals surface area (Å²) in [5.41, 5.74) is 6.65. The molecule has 1 amide bonds. The number of nitrogens with zero attached hydrogens (tertiary/aromatic N) is 3. The van der Waals surface area contributed by atoms with Crippen LogP contribution in [0.3, 0.4) is 0 Å². The summed E-state index contributed by atoms with van der Waals surface area (Å²) < 4.78 is 3.76. The summed E-state index contributed by atoms with van der Waals surface area (Å²) in [7, 11) is 1.98. The summed E-state index contributed by atoms with van der Waals surface area (Å²) in [5, 5.41) is 7.85. The number of hydrogen-bond donors (Lipinski definition) is 1. The number of carbonyl (C=O) groups is 1. The second-order valence-corrected chi connectivity index (χ2v) is 7.61. The lowest BCUT2D eigenvalue weighted by Gasteiger charge is -2.11. The lowest BCUT2D eigenvalue weighted by Crippen LogP contribution is -2.28. The van der Waals surface area contributed by atoms with E-state index in [4.69, 9.17) is 5.10 Å². The maximum Gasteiger partial charge on any atom is 0.270 e. The van der Waals surface area contributed by atoms with Gasteiger partial charge in [0.25, 0.3) is 5.91 Å². The number of carbonyl (C=O) groups excluding carboxylic acids is 1. The average molecular weight is 399 g/mol. The van der Waals surface area contributed by atoms with Crippen LogP contribution in [-0.2, 0) is 13.5 Å². The number of amides is 1. The molecule has 0 aliphatic heterocycles. The minimum absolute atomic E-state index is 0.126. The Morgan fingerprint density at radius 3 is 2.50 bits per heavy atom. The van der Waals surface area contributed by atoms with Crippen LogP contribution in [0.4, 0.5) is 0 Å². The number of nitrogens with one attached hydrogen (secondary N) is 1. The van der Waals surface area contributed by atoms with E-state index in [1.807, 2.05) is 73.3 Å². The van der Waals surface area contributed by atoms with Crippen LogP contribution in [0.25, 0.3) is 17.1 Å². The molecule has 4 aromatic rings. The fourth-order valence-corrected chi connectivity index (χ4v) is 3.68. The smallest absolute Gasteiger partial charge is 0.270 e. The van der Waals surface area contributed by atoms with Crippen LogP contribution in [0, 0.1) is 13.8 Å². The van der Waals surface area contributed by atoms with E-state index in [0.29, 0.717) is 12.2 Å². The maximum atomic E-state index is 13.1. The first-order chi connectivity index (χ1) is 14.5. The quantitative estimate of drug-likeness (QED) is 0.521. The van der Waals surface area contributed by atoms with Crippen LogP contribution in [0.15, 0.2) is 72.9 Å². The molecular weight excluding hydrogens is 372 g/mol. The molecule has 0 atom stereocenters. The molecule has 152 valence electrons. The highest BCUT2D eigenvalue weighted by atomic mass is 16.2. The van der Waals surface area contributed by atoms with Crippen molar-refractivity contribution in [1.82, 2.24) is 19.7 Å². The summed E-state index contributed by atoms with van der Waals surface area (Å²) in [6, 6.07) is 22.2. The molecule has 5 nitrogen and oxygen atoms in total. The van der Waals surface area contributed by atoms with Gasteiger partial charge in [-0.1, -0.05) is 48.0 Å². The molecule has 30 heavy (non-hydrogen) atoms. The Balaban J connectivity index is 1.65. The van der Waals surface area contributed by atoms with Crippen molar-refractivity contribution in [2.45, 2.75) is 20.3 Å². The zero-order chi connectivity index (χ0) is 21.1. The van der Waals surface area contributed by atoms with Gasteiger partial charge in [-0.3, -0.25) is 4.79 Å². The fraction of sp³-hybridized carbons (Fsp3) is 0.200. The molecule has 0 fully saturated rings. The Morgan fingerprint density at radius 1 is 1.00 bits per heavy atom. The molecule has 2 aromatic heterocycles. The molecule has 0 bridgehead atoms. The van der Waals surface area contributed by atoms with E-state index in [0.717, 1.165) is 29.1 Å². The third-order valence-corrected chi connectivity index (χ3v) is 5.27. The molecule has 5 heteroatoms. The topological polar surface area (TPSA) is 51.9 Å². The Morgan fingerprint density at radius 2 is 1.80 bits per heavy atom. The van der Waals surface area contributed by atoms with Gasteiger partial charge in [-0.25, -0.2) is 4.68 Å². The monoisotopic (exact) mass is 398 g/mol. The molecule has 0 aliphatic carbocycles. The number of rotatable bonds is 6. The molecular formula is C25H26N4O.